The van der Waals surface area contributed by atoms with Gasteiger partial charge < -0.3 is 5.32 Å². The Morgan fingerprint density at radius 2 is 2.31 bits per heavy atom. The fourth-order valence-corrected chi connectivity index (χ4v) is 2.36. The van der Waals surface area contributed by atoms with Crippen LogP contribution < -0.4 is 5.32 Å². The van der Waals surface area contributed by atoms with Crippen LogP contribution in [0.25, 0.3) is 0 Å². The van der Waals surface area contributed by atoms with E-state index in [0.29, 0.717) is 6.04 Å². The molecule has 0 saturated heterocycles. The van der Waals surface area contributed by atoms with Crippen LogP contribution in [0.4, 0.5) is 5.82 Å². The predicted molar refractivity (Wildman–Crippen MR) is 70.1 cm³/mol. The summed E-state index contributed by atoms with van der Waals surface area (Å²) in [7, 11) is 0. The van der Waals surface area contributed by atoms with E-state index >= 15 is 0 Å². The highest BCUT2D eigenvalue weighted by Gasteiger charge is 2.04. The van der Waals surface area contributed by atoms with Gasteiger partial charge in [-0.25, -0.2) is 4.98 Å². The number of anilines is 1. The Kier molecular flexibility index (Phi) is 3.57. The molecule has 1 unspecified atom stereocenters. The number of hydrogen-bond acceptors (Lipinski definition) is 3. The van der Waals surface area contributed by atoms with Gasteiger partial charge in [0.05, 0.1) is 0 Å². The molecule has 84 valence electrons. The van der Waals surface area contributed by atoms with Crippen LogP contribution >= 0.6 is 11.3 Å². The van der Waals surface area contributed by atoms with Crippen LogP contribution in [-0.4, -0.2) is 11.0 Å². The van der Waals surface area contributed by atoms with E-state index in [0.717, 1.165) is 12.2 Å². The van der Waals surface area contributed by atoms with E-state index in [9.17, 15) is 0 Å². The van der Waals surface area contributed by atoms with Crippen molar-refractivity contribution < 1.29 is 0 Å². The van der Waals surface area contributed by atoms with Gasteiger partial charge in [-0.2, -0.15) is 11.3 Å². The first-order chi connectivity index (χ1) is 7.74. The summed E-state index contributed by atoms with van der Waals surface area (Å²) < 4.78 is 0. The second kappa shape index (κ2) is 5.12. The third-order valence-electron chi connectivity index (χ3n) is 2.43. The minimum atomic E-state index is 0.406. The quantitative estimate of drug-likeness (QED) is 0.872. The van der Waals surface area contributed by atoms with E-state index < -0.39 is 0 Å². The van der Waals surface area contributed by atoms with Gasteiger partial charge >= 0.3 is 0 Å². The molecule has 3 heteroatoms. The molecule has 0 aromatic carbocycles. The van der Waals surface area contributed by atoms with Crippen molar-refractivity contribution in [1.29, 1.82) is 0 Å². The lowest BCUT2D eigenvalue weighted by molar-refractivity contribution is 0.787. The molecule has 2 aromatic rings. The first-order valence-corrected chi connectivity index (χ1v) is 6.38. The Labute approximate surface area is 100 Å². The number of aromatic nitrogens is 1. The molecule has 0 aliphatic heterocycles. The first-order valence-electron chi connectivity index (χ1n) is 5.44. The number of aryl methyl sites for hydroxylation is 1. The highest BCUT2D eigenvalue weighted by molar-refractivity contribution is 7.07. The average molecular weight is 232 g/mol. The molecule has 0 aliphatic rings. The number of nitrogens with zero attached hydrogens (tertiary/aromatic N) is 1. The molecule has 2 heterocycles. The van der Waals surface area contributed by atoms with Crippen molar-refractivity contribution in [2.75, 3.05) is 5.32 Å². The number of thiophene rings is 1. The molecule has 2 nitrogen and oxygen atoms in total. The van der Waals surface area contributed by atoms with Gasteiger partial charge in [0.2, 0.25) is 0 Å². The Balaban J connectivity index is 1.94. The van der Waals surface area contributed by atoms with Crippen LogP contribution in [0.3, 0.4) is 0 Å². The van der Waals surface area contributed by atoms with Crippen molar-refractivity contribution >= 4 is 17.2 Å². The third kappa shape index (κ3) is 3.07. The number of pyridine rings is 1. The van der Waals surface area contributed by atoms with Crippen LogP contribution in [0.15, 0.2) is 35.2 Å². The van der Waals surface area contributed by atoms with Gasteiger partial charge in [-0.3, -0.25) is 0 Å². The second-order valence-corrected chi connectivity index (χ2v) is 4.88. The van der Waals surface area contributed by atoms with Crippen molar-refractivity contribution in [3.8, 4) is 0 Å². The van der Waals surface area contributed by atoms with Crippen molar-refractivity contribution in [3.63, 3.8) is 0 Å². The zero-order valence-corrected chi connectivity index (χ0v) is 10.4. The van der Waals surface area contributed by atoms with Gasteiger partial charge in [-0.1, -0.05) is 0 Å². The number of nitrogens with one attached hydrogen (secondary N) is 1. The fraction of sp³-hybridized carbons (Fsp3) is 0.308. The molecule has 0 aliphatic carbocycles. The van der Waals surface area contributed by atoms with Crippen LogP contribution in [0.2, 0.25) is 0 Å². The molecule has 0 bridgehead atoms. The van der Waals surface area contributed by atoms with Gasteiger partial charge in [0, 0.05) is 12.2 Å². The Bertz CT molecular complexity index is 437. The monoisotopic (exact) mass is 232 g/mol. The van der Waals surface area contributed by atoms with E-state index in [1.54, 1.807) is 11.3 Å². The number of hydrogen-bond donors (Lipinski definition) is 1. The van der Waals surface area contributed by atoms with Gasteiger partial charge in [0.1, 0.15) is 5.82 Å². The molecule has 0 radical (unpaired) electrons. The zero-order valence-electron chi connectivity index (χ0n) is 9.60. The Hall–Kier alpha value is -1.35. The first kappa shape index (κ1) is 11.1. The molecule has 1 atom stereocenters. The van der Waals surface area contributed by atoms with Crippen LogP contribution in [0, 0.1) is 6.92 Å². The topological polar surface area (TPSA) is 24.9 Å². The summed E-state index contributed by atoms with van der Waals surface area (Å²) in [5, 5.41) is 7.73. The van der Waals surface area contributed by atoms with E-state index in [2.05, 4.69) is 47.0 Å². The summed E-state index contributed by atoms with van der Waals surface area (Å²) in [6.45, 7) is 4.26. The van der Waals surface area contributed by atoms with E-state index in [-0.39, 0.29) is 0 Å². The Morgan fingerprint density at radius 3 is 3.00 bits per heavy atom. The van der Waals surface area contributed by atoms with E-state index in [1.807, 2.05) is 12.3 Å². The van der Waals surface area contributed by atoms with Crippen molar-refractivity contribution in [2.24, 2.45) is 0 Å². The third-order valence-corrected chi connectivity index (χ3v) is 3.16. The molecule has 0 spiro atoms. The summed E-state index contributed by atoms with van der Waals surface area (Å²) in [5.41, 5.74) is 2.62. The van der Waals surface area contributed by atoms with Crippen LogP contribution in [0.5, 0.6) is 0 Å². The second-order valence-electron chi connectivity index (χ2n) is 4.10. The predicted octanol–water partition coefficient (Wildman–Crippen LogP) is 3.49. The highest BCUT2D eigenvalue weighted by Crippen LogP contribution is 2.12. The lowest BCUT2D eigenvalue weighted by Gasteiger charge is -2.13. The molecular weight excluding hydrogens is 216 g/mol. The lowest BCUT2D eigenvalue weighted by atomic mass is 10.1. The highest BCUT2D eigenvalue weighted by atomic mass is 32.1. The molecule has 1 N–H and O–H groups in total. The van der Waals surface area contributed by atoms with Gasteiger partial charge in [0.25, 0.3) is 0 Å². The Morgan fingerprint density at radius 1 is 1.44 bits per heavy atom. The maximum absolute atomic E-state index is 4.30. The van der Waals surface area contributed by atoms with Crippen LogP contribution in [0.1, 0.15) is 18.1 Å². The van der Waals surface area contributed by atoms with Crippen molar-refractivity contribution in [2.45, 2.75) is 26.3 Å². The molecule has 0 fully saturated rings. The largest absolute Gasteiger partial charge is 0.367 e. The normalized spacial score (nSPS) is 12.4. The minimum absolute atomic E-state index is 0.406. The van der Waals surface area contributed by atoms with Crippen molar-refractivity contribution in [1.82, 2.24) is 4.98 Å². The molecule has 2 aromatic heterocycles. The standard InChI is InChI=1S/C13H16N2S/c1-10-3-5-14-13(7-10)15-11(2)8-12-4-6-16-9-12/h3-7,9,11H,8H2,1-2H3,(H,14,15). The molecular formula is C13H16N2S. The summed E-state index contributed by atoms with van der Waals surface area (Å²) >= 11 is 1.75. The summed E-state index contributed by atoms with van der Waals surface area (Å²) in [5.74, 6) is 0.961. The van der Waals surface area contributed by atoms with E-state index in [1.165, 1.54) is 11.1 Å². The summed E-state index contributed by atoms with van der Waals surface area (Å²) in [6.07, 6.45) is 2.88. The maximum atomic E-state index is 4.30. The minimum Gasteiger partial charge on any atom is -0.367 e. The smallest absolute Gasteiger partial charge is 0.126 e. The molecule has 0 saturated carbocycles. The SMILES string of the molecule is Cc1ccnc(NC(C)Cc2ccsc2)c1. The average Bonchev–Trinajstić information content (AvgIpc) is 2.70. The van der Waals surface area contributed by atoms with Gasteiger partial charge in [-0.05, 0) is 60.4 Å². The summed E-state index contributed by atoms with van der Waals surface area (Å²) in [6, 6.07) is 6.66. The van der Waals surface area contributed by atoms with Gasteiger partial charge in [-0.15, -0.1) is 0 Å². The maximum Gasteiger partial charge on any atom is 0.126 e. The van der Waals surface area contributed by atoms with Crippen LogP contribution in [-0.2, 0) is 6.42 Å². The zero-order chi connectivity index (χ0) is 11.4. The fourth-order valence-electron chi connectivity index (χ4n) is 1.68. The van der Waals surface area contributed by atoms with E-state index in [4.69, 9.17) is 0 Å². The molecule has 2 rings (SSSR count). The van der Waals surface area contributed by atoms with Gasteiger partial charge in [0.15, 0.2) is 0 Å². The molecule has 0 amide bonds. The molecule has 16 heavy (non-hydrogen) atoms. The summed E-state index contributed by atoms with van der Waals surface area (Å²) in [4.78, 5) is 4.30. The van der Waals surface area contributed by atoms with Crippen molar-refractivity contribution in [3.05, 3.63) is 46.3 Å². The number of rotatable bonds is 4. The lowest BCUT2D eigenvalue weighted by Crippen LogP contribution is -2.18.